The molecule has 37 heavy (non-hydrogen) atoms. The highest BCUT2D eigenvalue weighted by Gasteiger charge is 2.35. The lowest BCUT2D eigenvalue weighted by Crippen LogP contribution is -2.36. The first-order valence-electron chi connectivity index (χ1n) is 11.8. The summed E-state index contributed by atoms with van der Waals surface area (Å²) in [4.78, 5) is 23.6. The molecule has 2 aromatic carbocycles. The van der Waals surface area contributed by atoms with Crippen molar-refractivity contribution in [2.24, 2.45) is 0 Å². The molecule has 3 aromatic rings. The van der Waals surface area contributed by atoms with Crippen molar-refractivity contribution in [2.45, 2.75) is 18.6 Å². The molecule has 2 aliphatic heterocycles. The van der Waals surface area contributed by atoms with Gasteiger partial charge in [0.25, 0.3) is 0 Å². The first-order chi connectivity index (χ1) is 17.9. The molecule has 2 saturated heterocycles. The third-order valence-electron chi connectivity index (χ3n) is 6.40. The minimum absolute atomic E-state index is 0.0800. The Hall–Kier alpha value is -2.82. The third-order valence-corrected chi connectivity index (χ3v) is 7.18. The zero-order valence-electron chi connectivity index (χ0n) is 20.0. The van der Waals surface area contributed by atoms with Crippen LogP contribution >= 0.6 is 23.2 Å². The highest BCUT2D eigenvalue weighted by atomic mass is 35.5. The summed E-state index contributed by atoms with van der Waals surface area (Å²) >= 11 is 11.8. The number of carbonyl (C=O) groups is 1. The van der Waals surface area contributed by atoms with Crippen molar-refractivity contribution >= 4 is 51.4 Å². The van der Waals surface area contributed by atoms with Gasteiger partial charge < -0.3 is 19.5 Å². The van der Waals surface area contributed by atoms with E-state index in [9.17, 15) is 9.18 Å². The van der Waals surface area contributed by atoms with E-state index in [2.05, 4.69) is 20.2 Å². The summed E-state index contributed by atoms with van der Waals surface area (Å²) in [6, 6.07) is 6.47. The van der Waals surface area contributed by atoms with Crippen molar-refractivity contribution in [3.8, 4) is 5.75 Å². The standard InChI is InChI=1S/C26H25Cl2FN4O4/c1-35-21-11-20-17(26(31-14-30-20)32-19-5-4-18(27)24(28)25(19)29)10-15(21)9-16(34)3-2-6-33-12-22-23(13-33)37-8-7-36-22/h2-5,10-11,14,22-23H,6-9,12-13H2,1H3,(H,30,31,32)/b3-2+/t22-,23+. The smallest absolute Gasteiger partial charge is 0.166 e. The van der Waals surface area contributed by atoms with E-state index in [0.29, 0.717) is 47.8 Å². The lowest BCUT2D eigenvalue weighted by Gasteiger charge is -2.24. The van der Waals surface area contributed by atoms with Crippen molar-refractivity contribution in [3.63, 3.8) is 0 Å². The number of ether oxygens (including phenoxy) is 3. The predicted octanol–water partition coefficient (Wildman–Crippen LogP) is 4.60. The molecule has 3 heterocycles. The molecule has 1 aromatic heterocycles. The van der Waals surface area contributed by atoms with Crippen LogP contribution in [-0.2, 0) is 20.7 Å². The van der Waals surface area contributed by atoms with Crippen LogP contribution < -0.4 is 10.1 Å². The van der Waals surface area contributed by atoms with E-state index in [4.69, 9.17) is 37.4 Å². The summed E-state index contributed by atoms with van der Waals surface area (Å²) in [6.07, 6.45) is 5.11. The Morgan fingerprint density at radius 3 is 2.70 bits per heavy atom. The second kappa shape index (κ2) is 11.3. The molecule has 1 N–H and O–H groups in total. The number of fused-ring (bicyclic) bond motifs is 2. The van der Waals surface area contributed by atoms with Gasteiger partial charge in [-0.05, 0) is 24.3 Å². The number of anilines is 2. The van der Waals surface area contributed by atoms with Crippen LogP contribution in [0.4, 0.5) is 15.9 Å². The maximum atomic E-state index is 14.6. The number of nitrogens with zero attached hydrogens (tertiary/aromatic N) is 3. The van der Waals surface area contributed by atoms with Crippen LogP contribution in [0.5, 0.6) is 5.75 Å². The van der Waals surface area contributed by atoms with Gasteiger partial charge in [-0.1, -0.05) is 29.3 Å². The van der Waals surface area contributed by atoms with E-state index < -0.39 is 5.82 Å². The van der Waals surface area contributed by atoms with Gasteiger partial charge in [0.05, 0.1) is 53.8 Å². The monoisotopic (exact) mass is 546 g/mol. The Morgan fingerprint density at radius 1 is 1.22 bits per heavy atom. The van der Waals surface area contributed by atoms with Crippen LogP contribution in [0.3, 0.4) is 0 Å². The van der Waals surface area contributed by atoms with Crippen LogP contribution in [0, 0.1) is 5.82 Å². The molecule has 0 bridgehead atoms. The van der Waals surface area contributed by atoms with Gasteiger partial charge in [0.15, 0.2) is 11.6 Å². The second-order valence-corrected chi connectivity index (χ2v) is 9.62. The predicted molar refractivity (Wildman–Crippen MR) is 140 cm³/mol. The van der Waals surface area contributed by atoms with Gasteiger partial charge in [-0.15, -0.1) is 0 Å². The zero-order valence-corrected chi connectivity index (χ0v) is 21.6. The van der Waals surface area contributed by atoms with E-state index in [1.54, 1.807) is 18.2 Å². The number of hydrogen-bond donors (Lipinski definition) is 1. The average Bonchev–Trinajstić information content (AvgIpc) is 3.31. The van der Waals surface area contributed by atoms with E-state index in [0.717, 1.165) is 13.1 Å². The number of benzene rings is 2. The molecule has 194 valence electrons. The minimum atomic E-state index is -0.689. The highest BCUT2D eigenvalue weighted by Crippen LogP contribution is 2.34. The summed E-state index contributed by atoms with van der Waals surface area (Å²) in [6.45, 7) is 3.47. The van der Waals surface area contributed by atoms with Gasteiger partial charge >= 0.3 is 0 Å². The largest absolute Gasteiger partial charge is 0.496 e. The third kappa shape index (κ3) is 5.71. The van der Waals surface area contributed by atoms with Crippen LogP contribution in [0.2, 0.25) is 10.0 Å². The van der Waals surface area contributed by atoms with Gasteiger partial charge in [-0.25, -0.2) is 14.4 Å². The Balaban J connectivity index is 1.32. The lowest BCUT2D eigenvalue weighted by molar-refractivity contribution is -0.116. The fraction of sp³-hybridized carbons (Fsp3) is 0.346. The number of carbonyl (C=O) groups excluding carboxylic acids is 1. The first-order valence-corrected chi connectivity index (χ1v) is 12.6. The molecule has 2 atom stereocenters. The molecule has 0 saturated carbocycles. The van der Waals surface area contributed by atoms with Crippen molar-refractivity contribution in [2.75, 3.05) is 45.3 Å². The van der Waals surface area contributed by atoms with Crippen LogP contribution in [0.25, 0.3) is 10.9 Å². The Bertz CT molecular complexity index is 1340. The van der Waals surface area contributed by atoms with E-state index in [-0.39, 0.29) is 40.1 Å². The number of hydrogen-bond acceptors (Lipinski definition) is 8. The molecule has 2 aliphatic rings. The number of ketones is 1. The highest BCUT2D eigenvalue weighted by molar-refractivity contribution is 6.42. The number of likely N-dealkylation sites (tertiary alicyclic amines) is 1. The summed E-state index contributed by atoms with van der Waals surface area (Å²) in [5, 5.41) is 3.48. The molecule has 0 amide bonds. The second-order valence-electron chi connectivity index (χ2n) is 8.83. The molecule has 0 radical (unpaired) electrons. The first kappa shape index (κ1) is 25.8. The summed E-state index contributed by atoms with van der Waals surface area (Å²) in [5.74, 6) is 0.112. The van der Waals surface area contributed by atoms with Gasteiger partial charge in [-0.3, -0.25) is 9.69 Å². The minimum Gasteiger partial charge on any atom is -0.496 e. The molecule has 5 rings (SSSR count). The topological polar surface area (TPSA) is 85.8 Å². The van der Waals surface area contributed by atoms with Crippen LogP contribution in [0.1, 0.15) is 5.56 Å². The summed E-state index contributed by atoms with van der Waals surface area (Å²) in [7, 11) is 1.54. The fourth-order valence-electron chi connectivity index (χ4n) is 4.57. The Morgan fingerprint density at radius 2 is 1.97 bits per heavy atom. The molecular formula is C26H25Cl2FN4O4. The zero-order chi connectivity index (χ0) is 25.9. The lowest BCUT2D eigenvalue weighted by atomic mass is 10.0. The molecule has 0 unspecified atom stereocenters. The van der Waals surface area contributed by atoms with Crippen molar-refractivity contribution in [1.29, 1.82) is 0 Å². The van der Waals surface area contributed by atoms with Gasteiger partial charge in [-0.2, -0.15) is 0 Å². The number of nitrogens with one attached hydrogen (secondary N) is 1. The van der Waals surface area contributed by atoms with Crippen molar-refractivity contribution in [3.05, 3.63) is 64.2 Å². The quantitative estimate of drug-likeness (QED) is 0.324. The number of rotatable bonds is 8. The van der Waals surface area contributed by atoms with E-state index in [1.165, 1.54) is 25.6 Å². The normalized spacial score (nSPS) is 19.9. The number of allylic oxidation sites excluding steroid dienone is 1. The molecular weight excluding hydrogens is 522 g/mol. The van der Waals surface area contributed by atoms with Gasteiger partial charge in [0, 0.05) is 43.1 Å². The molecule has 0 spiro atoms. The van der Waals surface area contributed by atoms with E-state index in [1.807, 2.05) is 6.08 Å². The van der Waals surface area contributed by atoms with Gasteiger partial charge in [0.2, 0.25) is 0 Å². The van der Waals surface area contributed by atoms with Gasteiger partial charge in [0.1, 0.15) is 17.9 Å². The van der Waals surface area contributed by atoms with Crippen molar-refractivity contribution in [1.82, 2.24) is 14.9 Å². The molecule has 2 fully saturated rings. The number of halogens is 3. The van der Waals surface area contributed by atoms with Crippen LogP contribution in [0.15, 0.2) is 42.7 Å². The molecule has 8 nitrogen and oxygen atoms in total. The maximum Gasteiger partial charge on any atom is 0.166 e. The Labute approximate surface area is 223 Å². The SMILES string of the molecule is COc1cc2ncnc(Nc3ccc(Cl)c(Cl)c3F)c2cc1CC(=O)/C=C/CN1C[C@@H]2OCCO[C@@H]2C1. The molecule has 11 heteroatoms. The fourth-order valence-corrected chi connectivity index (χ4v) is 4.88. The summed E-state index contributed by atoms with van der Waals surface area (Å²) in [5.41, 5.74) is 1.34. The maximum absolute atomic E-state index is 14.6. The molecule has 0 aliphatic carbocycles. The average molecular weight is 547 g/mol. The summed E-state index contributed by atoms with van der Waals surface area (Å²) < 4.78 is 31.6. The number of aromatic nitrogens is 2. The van der Waals surface area contributed by atoms with E-state index >= 15 is 0 Å². The van der Waals surface area contributed by atoms with Crippen molar-refractivity contribution < 1.29 is 23.4 Å². The number of methoxy groups -OCH3 is 1. The van der Waals surface area contributed by atoms with Crippen LogP contribution in [-0.4, -0.2) is 72.8 Å². The Kier molecular flexibility index (Phi) is 7.87.